The number of hydrogen-bond acceptors (Lipinski definition) is 6. The first kappa shape index (κ1) is 56.8. The summed E-state index contributed by atoms with van der Waals surface area (Å²) in [6.07, 6.45) is -98.3. The number of carboxylic acid groups (broad SMARTS) is 1. The van der Waals surface area contributed by atoms with Crippen molar-refractivity contribution in [1.82, 2.24) is 0 Å². The molecule has 0 saturated heterocycles. The molecule has 0 bridgehead atoms. The van der Waals surface area contributed by atoms with Gasteiger partial charge in [-0.25, -0.2) is 4.79 Å². The second-order valence-electron chi connectivity index (χ2n) is 9.94. The first-order valence-corrected chi connectivity index (χ1v) is 12.1. The molecule has 0 aliphatic heterocycles. The average molecular weight is 994 g/mol. The van der Waals surface area contributed by atoms with E-state index < -0.39 is 109 Å². The summed E-state index contributed by atoms with van der Waals surface area (Å²) in [6.45, 7) is 0. The maximum atomic E-state index is 14.6. The molecule has 42 heteroatoms. The van der Waals surface area contributed by atoms with Gasteiger partial charge >= 0.3 is 109 Å². The zero-order valence-corrected chi connectivity index (χ0v) is 25.1. The van der Waals surface area contributed by atoms with E-state index >= 15 is 0 Å². The Labute approximate surface area is 297 Å². The first-order valence-electron chi connectivity index (χ1n) is 12.1. The Hall–Kier alpha value is -3.18. The van der Waals surface area contributed by atoms with Gasteiger partial charge in [0.2, 0.25) is 0 Å². The quantitative estimate of drug-likeness (QED) is 0.154. The van der Waals surface area contributed by atoms with E-state index in [-0.39, 0.29) is 0 Å². The van der Waals surface area contributed by atoms with Gasteiger partial charge in [-0.1, -0.05) is 0 Å². The van der Waals surface area contributed by atoms with Crippen LogP contribution in [-0.4, -0.2) is 114 Å². The summed E-state index contributed by atoms with van der Waals surface area (Å²) >= 11 is 0. The minimum Gasteiger partial charge on any atom is -0.477 e. The third kappa shape index (κ3) is 9.14. The molecule has 0 aliphatic carbocycles. The molecule has 0 unspecified atom stereocenters. The second kappa shape index (κ2) is 14.7. The Morgan fingerprint density at radius 1 is 0.267 bits per heavy atom. The topological polar surface area (TPSA) is 83.5 Å². The molecule has 0 spiro atoms. The molecule has 0 heterocycles. The average Bonchev–Trinajstić information content (AvgIpc) is 2.91. The Bertz CT molecular complexity index is 1540. The van der Waals surface area contributed by atoms with Crippen molar-refractivity contribution in [3.05, 3.63) is 0 Å². The molecule has 0 amide bonds. The lowest BCUT2D eigenvalue weighted by Crippen LogP contribution is -2.73. The lowest BCUT2D eigenvalue weighted by Gasteiger charge is -2.44. The van der Waals surface area contributed by atoms with Gasteiger partial charge in [-0.15, -0.1) is 0 Å². The predicted octanol–water partition coefficient (Wildman–Crippen LogP) is 10.5. The van der Waals surface area contributed by atoms with Crippen molar-refractivity contribution in [2.75, 3.05) is 0 Å². The van der Waals surface area contributed by atoms with Gasteiger partial charge in [-0.05, 0) is 0 Å². The fourth-order valence-electron chi connectivity index (χ4n) is 2.73. The van der Waals surface area contributed by atoms with Crippen LogP contribution in [-0.2, 0) is 28.5 Å². The predicted molar refractivity (Wildman–Crippen MR) is 98.3 cm³/mol. The van der Waals surface area contributed by atoms with Crippen LogP contribution in [0.5, 0.6) is 0 Å². The minimum absolute atomic E-state index is 0.672. The molecule has 0 radical (unpaired) electrons. The summed E-state index contributed by atoms with van der Waals surface area (Å²) in [6, 6.07) is 0. The maximum absolute atomic E-state index is 14.6. The van der Waals surface area contributed by atoms with E-state index in [1.165, 1.54) is 4.74 Å². The molecular formula is C18HF35O7. The Kier molecular flexibility index (Phi) is 13.9. The summed E-state index contributed by atoms with van der Waals surface area (Å²) in [4.78, 5) is 10.3. The van der Waals surface area contributed by atoms with Crippen LogP contribution >= 0.6 is 0 Å². The molecule has 0 aromatic heterocycles. The number of halogens is 35. The number of carbonyl (C=O) groups is 1. The standard InChI is InChI=1S/C18HF35O7/c19-2(1(54)55,8(26,27)28)56-15(46,47)4(22,10(32,33)34)58-17(50,51)6(24,12(38,39)40)60-18(52,53)7(25,13(41,42)43)59-16(48,49)5(23,11(35,36)37)57-14(44,45)3(20,21)9(29,30)31/h(H,54,55)/t2-,4+,5-,6+,7-/m0/s1. The highest BCUT2D eigenvalue weighted by atomic mass is 19.5. The van der Waals surface area contributed by atoms with Crippen LogP contribution < -0.4 is 0 Å². The van der Waals surface area contributed by atoms with Crippen LogP contribution in [0.4, 0.5) is 154 Å². The fraction of sp³-hybridized carbons (Fsp3) is 0.944. The van der Waals surface area contributed by atoms with Crippen molar-refractivity contribution in [3.8, 4) is 0 Å². The molecule has 0 aromatic carbocycles. The van der Waals surface area contributed by atoms with E-state index in [0.29, 0.717) is 9.47 Å². The molecule has 7 nitrogen and oxygen atoms in total. The zero-order chi connectivity index (χ0) is 49.6. The van der Waals surface area contributed by atoms with Crippen LogP contribution in [0, 0.1) is 0 Å². The molecular weight excluding hydrogens is 993 g/mol. The lowest BCUT2D eigenvalue weighted by molar-refractivity contribution is -0.600. The van der Waals surface area contributed by atoms with E-state index in [2.05, 4.69) is 0 Å². The van der Waals surface area contributed by atoms with E-state index in [9.17, 15) is 158 Å². The normalized spacial score (nSPS) is 20.7. The summed E-state index contributed by atoms with van der Waals surface area (Å²) in [5, 5.41) is 7.98. The number of hydrogen-bond donors (Lipinski definition) is 1. The molecule has 0 aromatic rings. The maximum Gasteiger partial charge on any atom is 0.462 e. The van der Waals surface area contributed by atoms with Gasteiger partial charge in [0.1, 0.15) is 0 Å². The summed E-state index contributed by atoms with van der Waals surface area (Å²) in [7, 11) is 0. The molecule has 0 saturated carbocycles. The van der Waals surface area contributed by atoms with Crippen LogP contribution in [0.15, 0.2) is 0 Å². The SMILES string of the molecule is O=C(O)[C@](F)(OC(F)(F)[C@](F)(OC(F)(F)[C@](F)(OC(F)(F)[C@@](F)(OC(F)(F)[C@@](F)(OC(F)(F)C(F)(F)C(F)(F)F)C(F)(F)F)C(F)(F)F)C(F)(F)F)C(F)(F)F)C(F)(F)F. The van der Waals surface area contributed by atoms with Crippen molar-refractivity contribution in [3.63, 3.8) is 0 Å². The number of carboxylic acids is 1. The number of aliphatic carboxylic acids is 1. The monoisotopic (exact) mass is 994 g/mol. The fourth-order valence-corrected chi connectivity index (χ4v) is 2.73. The zero-order valence-electron chi connectivity index (χ0n) is 25.1. The van der Waals surface area contributed by atoms with Crippen LogP contribution in [0.25, 0.3) is 0 Å². The van der Waals surface area contributed by atoms with Crippen molar-refractivity contribution in [2.24, 2.45) is 0 Å². The van der Waals surface area contributed by atoms with Crippen LogP contribution in [0.3, 0.4) is 0 Å². The largest absolute Gasteiger partial charge is 0.477 e. The minimum atomic E-state index is -9.62. The summed E-state index contributed by atoms with van der Waals surface area (Å²) < 4.78 is 472. The lowest BCUT2D eigenvalue weighted by atomic mass is 10.2. The third-order valence-corrected chi connectivity index (χ3v) is 5.66. The van der Waals surface area contributed by atoms with Gasteiger partial charge in [0.05, 0.1) is 0 Å². The molecule has 60 heavy (non-hydrogen) atoms. The molecule has 0 rings (SSSR count). The highest BCUT2D eigenvalue weighted by molar-refractivity contribution is 5.76. The van der Waals surface area contributed by atoms with Gasteiger partial charge in [0, 0.05) is 0 Å². The van der Waals surface area contributed by atoms with Crippen molar-refractivity contribution >= 4 is 5.97 Å². The summed E-state index contributed by atoms with van der Waals surface area (Å²) in [5.74, 6) is -58.6. The van der Waals surface area contributed by atoms with Crippen molar-refractivity contribution in [1.29, 1.82) is 0 Å². The van der Waals surface area contributed by atoms with Gasteiger partial charge in [0.15, 0.2) is 0 Å². The Morgan fingerprint density at radius 3 is 0.600 bits per heavy atom. The second-order valence-corrected chi connectivity index (χ2v) is 9.94. The first-order chi connectivity index (χ1) is 25.2. The highest BCUT2D eigenvalue weighted by Gasteiger charge is 2.91. The Morgan fingerprint density at radius 2 is 0.450 bits per heavy atom. The molecule has 0 aliphatic rings. The van der Waals surface area contributed by atoms with E-state index in [4.69, 9.17) is 5.11 Å². The third-order valence-electron chi connectivity index (χ3n) is 5.66. The number of alkyl halides is 35. The molecule has 5 atom stereocenters. The van der Waals surface area contributed by atoms with Crippen molar-refractivity contribution in [2.45, 2.75) is 103 Å². The molecule has 0 fully saturated rings. The van der Waals surface area contributed by atoms with E-state index in [1.54, 1.807) is 0 Å². The van der Waals surface area contributed by atoms with Crippen LogP contribution in [0.1, 0.15) is 0 Å². The van der Waals surface area contributed by atoms with Gasteiger partial charge < -0.3 is 5.11 Å². The van der Waals surface area contributed by atoms with E-state index in [0.717, 1.165) is 9.47 Å². The molecule has 1 N–H and O–H groups in total. The summed E-state index contributed by atoms with van der Waals surface area (Å²) in [5.41, 5.74) is 0. The van der Waals surface area contributed by atoms with Gasteiger partial charge in [-0.2, -0.15) is 154 Å². The Balaban J connectivity index is 8.02. The number of ether oxygens (including phenoxy) is 5. The number of rotatable bonds is 16. The van der Waals surface area contributed by atoms with E-state index in [1.807, 2.05) is 0 Å². The van der Waals surface area contributed by atoms with Crippen LogP contribution in [0.2, 0.25) is 0 Å². The molecule has 360 valence electrons. The highest BCUT2D eigenvalue weighted by Crippen LogP contribution is 2.62. The smallest absolute Gasteiger partial charge is 0.462 e. The van der Waals surface area contributed by atoms with Crippen molar-refractivity contribution < 1.29 is 187 Å². The van der Waals surface area contributed by atoms with Gasteiger partial charge in [0.25, 0.3) is 0 Å². The van der Waals surface area contributed by atoms with Gasteiger partial charge in [-0.3, -0.25) is 23.7 Å².